The van der Waals surface area contributed by atoms with Crippen LogP contribution in [0, 0.1) is 12.8 Å². The number of aromatic nitrogens is 2. The fourth-order valence-electron chi connectivity index (χ4n) is 3.47. The summed E-state index contributed by atoms with van der Waals surface area (Å²) in [6.45, 7) is 9.93. The molecule has 0 saturated heterocycles. The van der Waals surface area contributed by atoms with E-state index in [0.29, 0.717) is 5.92 Å². The number of carbonyl (C=O) groups is 1. The van der Waals surface area contributed by atoms with E-state index in [4.69, 9.17) is 0 Å². The van der Waals surface area contributed by atoms with E-state index in [-0.39, 0.29) is 6.04 Å². The van der Waals surface area contributed by atoms with E-state index in [1.54, 1.807) is 13.8 Å². The van der Waals surface area contributed by atoms with E-state index in [1.807, 2.05) is 13.1 Å². The van der Waals surface area contributed by atoms with Gasteiger partial charge in [0.2, 0.25) is 0 Å². The van der Waals surface area contributed by atoms with Gasteiger partial charge in [0.15, 0.2) is 5.16 Å². The van der Waals surface area contributed by atoms with Crippen molar-refractivity contribution in [2.24, 2.45) is 5.92 Å². The van der Waals surface area contributed by atoms with Crippen LogP contribution in [0.5, 0.6) is 0 Å². The molecule has 0 spiro atoms. The predicted molar refractivity (Wildman–Crippen MR) is 107 cm³/mol. The molecule has 0 bridgehead atoms. The maximum atomic E-state index is 11.6. The number of hydrogen-bond acceptors (Lipinski definition) is 3. The van der Waals surface area contributed by atoms with Gasteiger partial charge in [-0.1, -0.05) is 56.0 Å². The van der Waals surface area contributed by atoms with E-state index >= 15 is 0 Å². The number of allylic oxidation sites excluding steroid dienone is 2. The third-order valence-electron chi connectivity index (χ3n) is 4.93. The highest BCUT2D eigenvalue weighted by Gasteiger charge is 2.33. The van der Waals surface area contributed by atoms with Crippen molar-refractivity contribution in [2.75, 3.05) is 0 Å². The van der Waals surface area contributed by atoms with Crippen molar-refractivity contribution in [3.8, 4) is 0 Å². The van der Waals surface area contributed by atoms with Crippen LogP contribution in [0.3, 0.4) is 0 Å². The van der Waals surface area contributed by atoms with Gasteiger partial charge in [-0.2, -0.15) is 0 Å². The maximum absolute atomic E-state index is 11.6. The monoisotopic (exact) mass is 370 g/mol. The number of aryl methyl sites for hydroxylation is 1. The Labute approximate surface area is 159 Å². The van der Waals surface area contributed by atoms with E-state index in [0.717, 1.165) is 17.3 Å². The summed E-state index contributed by atoms with van der Waals surface area (Å²) in [4.78, 5) is 16.1. The van der Waals surface area contributed by atoms with Gasteiger partial charge in [-0.15, -0.1) is 0 Å². The molecule has 5 heteroatoms. The van der Waals surface area contributed by atoms with Crippen LogP contribution >= 0.6 is 11.8 Å². The zero-order chi connectivity index (χ0) is 19.1. The molecule has 2 aromatic rings. The summed E-state index contributed by atoms with van der Waals surface area (Å²) in [5.74, 6) is -0.360. The minimum Gasteiger partial charge on any atom is -0.480 e. The number of benzene rings is 1. The van der Waals surface area contributed by atoms with Gasteiger partial charge in [-0.25, -0.2) is 4.98 Å². The van der Waals surface area contributed by atoms with Gasteiger partial charge in [0.25, 0.3) is 0 Å². The third kappa shape index (κ3) is 3.32. The Morgan fingerprint density at radius 2 is 2.04 bits per heavy atom. The number of fused-ring (bicyclic) bond motifs is 1. The van der Waals surface area contributed by atoms with Gasteiger partial charge >= 0.3 is 5.97 Å². The topological polar surface area (TPSA) is 55.1 Å². The highest BCUT2D eigenvalue weighted by Crippen LogP contribution is 2.42. The first-order valence-corrected chi connectivity index (χ1v) is 9.79. The second-order valence-electron chi connectivity index (χ2n) is 7.62. The minimum absolute atomic E-state index is 0.142. The Morgan fingerprint density at radius 1 is 1.35 bits per heavy atom. The number of carboxylic acid groups (broad SMARTS) is 1. The maximum Gasteiger partial charge on any atom is 0.319 e. The number of aliphatic carboxylic acids is 1. The Morgan fingerprint density at radius 3 is 2.69 bits per heavy atom. The molecule has 1 N–H and O–H groups in total. The third-order valence-corrected chi connectivity index (χ3v) is 6.10. The molecule has 1 aromatic heterocycles. The summed E-state index contributed by atoms with van der Waals surface area (Å²) >= 11 is 1.31. The van der Waals surface area contributed by atoms with Gasteiger partial charge in [0.1, 0.15) is 4.75 Å². The second kappa shape index (κ2) is 6.95. The van der Waals surface area contributed by atoms with Crippen LogP contribution in [0.15, 0.2) is 41.7 Å². The smallest absolute Gasteiger partial charge is 0.319 e. The quantitative estimate of drug-likeness (QED) is 0.737. The lowest BCUT2D eigenvalue weighted by Gasteiger charge is -2.31. The van der Waals surface area contributed by atoms with Crippen molar-refractivity contribution in [1.82, 2.24) is 9.55 Å². The fraction of sp³-hybridized carbons (Fsp3) is 0.429. The average Bonchev–Trinajstić information content (AvgIpc) is 2.93. The van der Waals surface area contributed by atoms with Crippen LogP contribution in [0.2, 0.25) is 0 Å². The Kier molecular flexibility index (Phi) is 5.02. The Balaban J connectivity index is 2.06. The molecule has 0 fully saturated rings. The number of thioether (sulfide) groups is 1. The molecule has 138 valence electrons. The average molecular weight is 371 g/mol. The Hall–Kier alpha value is -2.01. The lowest BCUT2D eigenvalue weighted by atomic mass is 9.82. The van der Waals surface area contributed by atoms with Crippen LogP contribution < -0.4 is 0 Å². The first-order valence-electron chi connectivity index (χ1n) is 8.98. The Bertz CT molecular complexity index is 865. The highest BCUT2D eigenvalue weighted by molar-refractivity contribution is 8.01. The zero-order valence-electron chi connectivity index (χ0n) is 16.0. The summed E-state index contributed by atoms with van der Waals surface area (Å²) in [7, 11) is 0. The largest absolute Gasteiger partial charge is 0.480 e. The molecular weight excluding hydrogens is 344 g/mol. The number of hydrogen-bond donors (Lipinski definition) is 1. The molecule has 1 atom stereocenters. The molecule has 1 aromatic carbocycles. The van der Waals surface area contributed by atoms with Crippen molar-refractivity contribution in [3.63, 3.8) is 0 Å². The lowest BCUT2D eigenvalue weighted by molar-refractivity contribution is -0.138. The minimum atomic E-state index is -0.928. The van der Waals surface area contributed by atoms with Crippen molar-refractivity contribution in [3.05, 3.63) is 53.4 Å². The summed E-state index contributed by atoms with van der Waals surface area (Å²) < 4.78 is 1.27. The van der Waals surface area contributed by atoms with Crippen molar-refractivity contribution < 1.29 is 9.90 Å². The molecular formula is C21H26N2O2S. The van der Waals surface area contributed by atoms with Crippen LogP contribution in [-0.2, 0) is 4.79 Å². The van der Waals surface area contributed by atoms with Crippen LogP contribution in [-0.4, -0.2) is 25.4 Å². The van der Waals surface area contributed by atoms with E-state index in [9.17, 15) is 9.90 Å². The predicted octanol–water partition coefficient (Wildman–Crippen LogP) is 5.18. The van der Waals surface area contributed by atoms with E-state index in [1.165, 1.54) is 28.5 Å². The zero-order valence-corrected chi connectivity index (χ0v) is 16.8. The normalized spacial score (nSPS) is 17.2. The van der Waals surface area contributed by atoms with Crippen molar-refractivity contribution in [1.29, 1.82) is 0 Å². The summed E-state index contributed by atoms with van der Waals surface area (Å²) in [5.41, 5.74) is 5.01. The van der Waals surface area contributed by atoms with Gasteiger partial charge in [0, 0.05) is 11.9 Å². The van der Waals surface area contributed by atoms with Gasteiger partial charge in [-0.3, -0.25) is 4.79 Å². The number of rotatable bonds is 5. The molecule has 1 unspecified atom stereocenters. The van der Waals surface area contributed by atoms with Gasteiger partial charge in [-0.05, 0) is 49.8 Å². The van der Waals surface area contributed by atoms with Crippen LogP contribution in [0.25, 0.3) is 5.57 Å². The highest BCUT2D eigenvalue weighted by atomic mass is 32.2. The fourth-order valence-corrected chi connectivity index (χ4v) is 4.49. The molecule has 0 aliphatic heterocycles. The van der Waals surface area contributed by atoms with Crippen LogP contribution in [0.4, 0.5) is 0 Å². The van der Waals surface area contributed by atoms with Crippen molar-refractivity contribution in [2.45, 2.75) is 57.0 Å². The number of carboxylic acids is 1. The summed E-state index contributed by atoms with van der Waals surface area (Å²) in [5, 5.41) is 10.3. The molecule has 26 heavy (non-hydrogen) atoms. The molecule has 3 rings (SSSR count). The molecule has 1 aliphatic carbocycles. The molecule has 0 radical (unpaired) electrons. The standard InChI is InChI=1S/C21H26N2O2S/c1-13(2)15-10-11-18(17-9-7-6-8-16(15)17)23-14(3)12-22-20(23)26-21(4,5)19(24)25/h6-10,12-13,18H,11H2,1-5H3,(H,24,25). The SMILES string of the molecule is Cc1cnc(SC(C)(C)C(=O)O)n1C1CC=C(C(C)C)c2ccccc21. The van der Waals surface area contributed by atoms with E-state index in [2.05, 4.69) is 53.7 Å². The molecule has 1 heterocycles. The van der Waals surface area contributed by atoms with Gasteiger partial charge in [0.05, 0.1) is 6.04 Å². The number of nitrogens with zero attached hydrogens (tertiary/aromatic N) is 2. The molecule has 0 saturated carbocycles. The molecule has 4 nitrogen and oxygen atoms in total. The molecule has 0 amide bonds. The lowest BCUT2D eigenvalue weighted by Crippen LogP contribution is -2.28. The first-order chi connectivity index (χ1) is 12.2. The second-order valence-corrected chi connectivity index (χ2v) is 9.21. The van der Waals surface area contributed by atoms with Crippen molar-refractivity contribution >= 4 is 23.3 Å². The van der Waals surface area contributed by atoms with E-state index < -0.39 is 10.7 Å². The van der Waals surface area contributed by atoms with Gasteiger partial charge < -0.3 is 9.67 Å². The van der Waals surface area contributed by atoms with Crippen LogP contribution in [0.1, 0.15) is 57.0 Å². The first kappa shape index (κ1) is 18.8. The molecule has 1 aliphatic rings. The number of imidazole rings is 1. The summed E-state index contributed by atoms with van der Waals surface area (Å²) in [6.07, 6.45) is 5.06. The summed E-state index contributed by atoms with van der Waals surface area (Å²) in [6, 6.07) is 8.68.